The maximum atomic E-state index is 12.7. The van der Waals surface area contributed by atoms with Crippen molar-refractivity contribution in [2.75, 3.05) is 11.1 Å². The molecule has 0 fully saturated rings. The normalized spacial score (nSPS) is 10.5. The fourth-order valence-electron chi connectivity index (χ4n) is 3.29. The summed E-state index contributed by atoms with van der Waals surface area (Å²) in [7, 11) is 1.89. The van der Waals surface area contributed by atoms with E-state index in [0.717, 1.165) is 39.0 Å². The lowest BCUT2D eigenvalue weighted by atomic mass is 10.0. The van der Waals surface area contributed by atoms with Crippen molar-refractivity contribution in [3.05, 3.63) is 82.8 Å². The van der Waals surface area contributed by atoms with Crippen LogP contribution in [-0.4, -0.2) is 20.4 Å². The Kier molecular flexibility index (Phi) is 4.95. The summed E-state index contributed by atoms with van der Waals surface area (Å²) in [6.07, 6.45) is 3.32. The molecule has 6 nitrogen and oxygen atoms in total. The number of aromatic nitrogens is 3. The molecule has 0 radical (unpaired) electrons. The first-order valence-electron chi connectivity index (χ1n) is 9.48. The van der Waals surface area contributed by atoms with E-state index in [1.54, 1.807) is 12.1 Å². The van der Waals surface area contributed by atoms with Crippen molar-refractivity contribution >= 4 is 28.4 Å². The SMILES string of the molecule is Cc1cccc(NC(=O)c2ccc(C)c(C#Cc3cn(C)c4ncnc(N)c34)c2)c1. The van der Waals surface area contributed by atoms with Crippen LogP contribution in [0.25, 0.3) is 11.0 Å². The Bertz CT molecular complexity index is 1340. The Morgan fingerprint density at radius 3 is 2.67 bits per heavy atom. The van der Waals surface area contributed by atoms with Gasteiger partial charge in [0.1, 0.15) is 17.8 Å². The fraction of sp³-hybridized carbons (Fsp3) is 0.125. The molecule has 148 valence electrons. The van der Waals surface area contributed by atoms with Gasteiger partial charge in [-0.2, -0.15) is 0 Å². The number of benzene rings is 2. The van der Waals surface area contributed by atoms with Crippen LogP contribution in [0.15, 0.2) is 55.0 Å². The maximum absolute atomic E-state index is 12.7. The van der Waals surface area contributed by atoms with E-state index in [1.807, 2.05) is 62.0 Å². The monoisotopic (exact) mass is 395 g/mol. The molecule has 0 aliphatic rings. The summed E-state index contributed by atoms with van der Waals surface area (Å²) in [5.74, 6) is 6.56. The van der Waals surface area contributed by atoms with Crippen molar-refractivity contribution in [1.82, 2.24) is 14.5 Å². The zero-order valence-electron chi connectivity index (χ0n) is 17.0. The van der Waals surface area contributed by atoms with Gasteiger partial charge < -0.3 is 15.6 Å². The molecule has 2 heterocycles. The largest absolute Gasteiger partial charge is 0.383 e. The first-order chi connectivity index (χ1) is 14.4. The second-order valence-electron chi connectivity index (χ2n) is 7.21. The smallest absolute Gasteiger partial charge is 0.255 e. The van der Waals surface area contributed by atoms with Crippen LogP contribution >= 0.6 is 0 Å². The Morgan fingerprint density at radius 2 is 1.87 bits per heavy atom. The predicted octanol–water partition coefficient (Wildman–Crippen LogP) is 3.82. The van der Waals surface area contributed by atoms with Gasteiger partial charge in [-0.05, 0) is 49.2 Å². The van der Waals surface area contributed by atoms with Gasteiger partial charge in [0.25, 0.3) is 5.91 Å². The number of rotatable bonds is 2. The van der Waals surface area contributed by atoms with E-state index in [-0.39, 0.29) is 5.91 Å². The number of nitrogen functional groups attached to an aromatic ring is 1. The molecule has 0 aliphatic heterocycles. The van der Waals surface area contributed by atoms with Gasteiger partial charge in [0, 0.05) is 30.1 Å². The van der Waals surface area contributed by atoms with E-state index < -0.39 is 0 Å². The molecule has 0 saturated carbocycles. The number of amides is 1. The first kappa shape index (κ1) is 19.2. The van der Waals surface area contributed by atoms with Gasteiger partial charge in [0.15, 0.2) is 0 Å². The van der Waals surface area contributed by atoms with Crippen LogP contribution < -0.4 is 11.1 Å². The lowest BCUT2D eigenvalue weighted by Gasteiger charge is -2.07. The summed E-state index contributed by atoms with van der Waals surface area (Å²) in [4.78, 5) is 21.0. The van der Waals surface area contributed by atoms with Gasteiger partial charge in [-0.1, -0.05) is 30.0 Å². The number of aryl methyl sites for hydroxylation is 3. The van der Waals surface area contributed by atoms with E-state index >= 15 is 0 Å². The van der Waals surface area contributed by atoms with E-state index in [1.165, 1.54) is 6.33 Å². The first-order valence-corrected chi connectivity index (χ1v) is 9.48. The van der Waals surface area contributed by atoms with Crippen molar-refractivity contribution in [2.24, 2.45) is 7.05 Å². The molecule has 0 atom stereocenters. The number of nitrogens with two attached hydrogens (primary N) is 1. The average molecular weight is 395 g/mol. The number of nitrogens with zero attached hydrogens (tertiary/aromatic N) is 3. The summed E-state index contributed by atoms with van der Waals surface area (Å²) in [5, 5.41) is 3.67. The van der Waals surface area contributed by atoms with Gasteiger partial charge in [-0.3, -0.25) is 4.79 Å². The molecule has 0 bridgehead atoms. The fourth-order valence-corrected chi connectivity index (χ4v) is 3.29. The molecule has 4 aromatic rings. The lowest BCUT2D eigenvalue weighted by Crippen LogP contribution is -2.12. The minimum Gasteiger partial charge on any atom is -0.383 e. The van der Waals surface area contributed by atoms with E-state index in [2.05, 4.69) is 27.1 Å². The van der Waals surface area contributed by atoms with E-state index in [0.29, 0.717) is 11.4 Å². The second-order valence-corrected chi connectivity index (χ2v) is 7.21. The van der Waals surface area contributed by atoms with Crippen LogP contribution in [0.1, 0.15) is 32.6 Å². The molecule has 4 rings (SSSR count). The second kappa shape index (κ2) is 7.72. The van der Waals surface area contributed by atoms with E-state index in [4.69, 9.17) is 5.73 Å². The molecular formula is C24H21N5O. The molecule has 30 heavy (non-hydrogen) atoms. The zero-order chi connectivity index (χ0) is 21.3. The summed E-state index contributed by atoms with van der Waals surface area (Å²) < 4.78 is 1.87. The predicted molar refractivity (Wildman–Crippen MR) is 119 cm³/mol. The summed E-state index contributed by atoms with van der Waals surface area (Å²) in [5.41, 5.74) is 11.7. The molecule has 6 heteroatoms. The molecule has 2 aromatic carbocycles. The minimum atomic E-state index is -0.175. The zero-order valence-corrected chi connectivity index (χ0v) is 17.0. The number of nitrogens with one attached hydrogen (secondary N) is 1. The number of hydrogen-bond donors (Lipinski definition) is 2. The quantitative estimate of drug-likeness (QED) is 0.505. The van der Waals surface area contributed by atoms with Crippen LogP contribution in [0.2, 0.25) is 0 Å². The number of carbonyl (C=O) groups is 1. The molecular weight excluding hydrogens is 374 g/mol. The standard InChI is InChI=1S/C24H21N5O/c1-15-5-4-6-20(11-15)28-24(30)18-8-7-16(2)17(12-18)9-10-19-13-29(3)23-21(19)22(25)26-14-27-23/h4-8,11-14H,1-3H3,(H,28,30)(H2,25,26,27). The molecule has 0 aliphatic carbocycles. The topological polar surface area (TPSA) is 85.8 Å². The highest BCUT2D eigenvalue weighted by Crippen LogP contribution is 2.22. The van der Waals surface area contributed by atoms with Gasteiger partial charge in [0.05, 0.1) is 10.9 Å². The van der Waals surface area contributed by atoms with Crippen molar-refractivity contribution in [3.63, 3.8) is 0 Å². The van der Waals surface area contributed by atoms with Crippen LogP contribution in [0, 0.1) is 25.7 Å². The molecule has 0 spiro atoms. The van der Waals surface area contributed by atoms with Gasteiger partial charge >= 0.3 is 0 Å². The Labute approximate surface area is 174 Å². The van der Waals surface area contributed by atoms with Gasteiger partial charge in [-0.25, -0.2) is 9.97 Å². The maximum Gasteiger partial charge on any atom is 0.255 e. The van der Waals surface area contributed by atoms with Crippen molar-refractivity contribution in [3.8, 4) is 11.8 Å². The third-order valence-corrected chi connectivity index (χ3v) is 4.89. The summed E-state index contributed by atoms with van der Waals surface area (Å²) in [6, 6.07) is 13.2. The molecule has 3 N–H and O–H groups in total. The van der Waals surface area contributed by atoms with Crippen molar-refractivity contribution in [2.45, 2.75) is 13.8 Å². The number of anilines is 2. The summed E-state index contributed by atoms with van der Waals surface area (Å²) in [6.45, 7) is 3.95. The number of hydrogen-bond acceptors (Lipinski definition) is 4. The highest BCUT2D eigenvalue weighted by atomic mass is 16.1. The average Bonchev–Trinajstić information content (AvgIpc) is 3.04. The third kappa shape index (κ3) is 3.74. The Morgan fingerprint density at radius 1 is 1.07 bits per heavy atom. The number of fused-ring (bicyclic) bond motifs is 1. The van der Waals surface area contributed by atoms with Crippen LogP contribution in [0.5, 0.6) is 0 Å². The molecule has 0 saturated heterocycles. The highest BCUT2D eigenvalue weighted by molar-refractivity contribution is 6.04. The number of carbonyl (C=O) groups excluding carboxylic acids is 1. The Hall–Kier alpha value is -4.11. The van der Waals surface area contributed by atoms with Gasteiger partial charge in [0.2, 0.25) is 0 Å². The summed E-state index contributed by atoms with van der Waals surface area (Å²) >= 11 is 0. The molecule has 0 unspecified atom stereocenters. The van der Waals surface area contributed by atoms with Crippen molar-refractivity contribution < 1.29 is 4.79 Å². The van der Waals surface area contributed by atoms with Crippen LogP contribution in [0.4, 0.5) is 11.5 Å². The minimum absolute atomic E-state index is 0.175. The van der Waals surface area contributed by atoms with Crippen LogP contribution in [0.3, 0.4) is 0 Å². The highest BCUT2D eigenvalue weighted by Gasteiger charge is 2.11. The molecule has 1 amide bonds. The Balaban J connectivity index is 1.67. The lowest BCUT2D eigenvalue weighted by molar-refractivity contribution is 0.102. The van der Waals surface area contributed by atoms with Crippen LogP contribution in [-0.2, 0) is 7.05 Å². The van der Waals surface area contributed by atoms with Gasteiger partial charge in [-0.15, -0.1) is 0 Å². The van der Waals surface area contributed by atoms with E-state index in [9.17, 15) is 4.79 Å². The van der Waals surface area contributed by atoms with Crippen molar-refractivity contribution in [1.29, 1.82) is 0 Å². The molecule has 2 aromatic heterocycles. The third-order valence-electron chi connectivity index (χ3n) is 4.89.